The zero-order valence-electron chi connectivity index (χ0n) is 16.2. The van der Waals surface area contributed by atoms with Crippen molar-refractivity contribution in [1.82, 2.24) is 25.2 Å². The van der Waals surface area contributed by atoms with Crippen molar-refractivity contribution >= 4 is 16.9 Å². The fourth-order valence-electron chi connectivity index (χ4n) is 3.58. The molecule has 0 saturated carbocycles. The van der Waals surface area contributed by atoms with Gasteiger partial charge in [0.05, 0.1) is 18.2 Å². The van der Waals surface area contributed by atoms with Gasteiger partial charge in [0.15, 0.2) is 0 Å². The molecule has 7 nitrogen and oxygen atoms in total. The largest absolute Gasteiger partial charge is 0.496 e. The molecule has 1 aromatic heterocycles. The molecule has 3 rings (SSSR count). The SMILES string of the molecule is CCN1CCCC[C@@H](NC(=O)c2cc3nnn(C(C)C)c3cc2OC)C1. The second kappa shape index (κ2) is 8.03. The predicted molar refractivity (Wildman–Crippen MR) is 102 cm³/mol. The summed E-state index contributed by atoms with van der Waals surface area (Å²) < 4.78 is 7.33. The lowest BCUT2D eigenvalue weighted by Crippen LogP contribution is -2.42. The number of carbonyl (C=O) groups excluding carboxylic acids is 1. The van der Waals surface area contributed by atoms with Crippen LogP contribution in [0, 0.1) is 0 Å². The van der Waals surface area contributed by atoms with Crippen molar-refractivity contribution in [2.45, 2.75) is 52.1 Å². The van der Waals surface area contributed by atoms with Crippen molar-refractivity contribution in [3.05, 3.63) is 17.7 Å². The van der Waals surface area contributed by atoms with Gasteiger partial charge in [-0.3, -0.25) is 4.79 Å². The van der Waals surface area contributed by atoms with Gasteiger partial charge in [-0.15, -0.1) is 5.10 Å². The first kappa shape index (κ1) is 18.6. The third-order valence-corrected chi connectivity index (χ3v) is 5.06. The highest BCUT2D eigenvalue weighted by Gasteiger charge is 2.22. The van der Waals surface area contributed by atoms with E-state index in [9.17, 15) is 4.79 Å². The van der Waals surface area contributed by atoms with Gasteiger partial charge >= 0.3 is 0 Å². The fourth-order valence-corrected chi connectivity index (χ4v) is 3.58. The van der Waals surface area contributed by atoms with E-state index in [-0.39, 0.29) is 18.0 Å². The summed E-state index contributed by atoms with van der Waals surface area (Å²) in [5, 5.41) is 11.6. The molecular formula is C19H29N5O2. The van der Waals surface area contributed by atoms with Gasteiger partial charge in [0.1, 0.15) is 11.3 Å². The molecule has 1 aromatic carbocycles. The molecule has 1 amide bonds. The van der Waals surface area contributed by atoms with Crippen molar-refractivity contribution in [2.24, 2.45) is 0 Å². The summed E-state index contributed by atoms with van der Waals surface area (Å²) in [5.74, 6) is 0.450. The van der Waals surface area contributed by atoms with Gasteiger partial charge in [0.25, 0.3) is 5.91 Å². The molecule has 0 bridgehead atoms. The minimum atomic E-state index is -0.106. The monoisotopic (exact) mass is 359 g/mol. The summed E-state index contributed by atoms with van der Waals surface area (Å²) in [6.45, 7) is 9.28. The van der Waals surface area contributed by atoms with Crippen LogP contribution in [0.1, 0.15) is 56.4 Å². The molecular weight excluding hydrogens is 330 g/mol. The number of amides is 1. The molecule has 1 aliphatic rings. The standard InChI is InChI=1S/C19H29N5O2/c1-5-23-9-7-6-8-14(12-23)20-19(25)15-10-16-17(11-18(15)26-4)24(13(2)3)22-21-16/h10-11,13-14H,5-9,12H2,1-4H3,(H,20,25)/t14-/m1/s1. The number of fused-ring (bicyclic) bond motifs is 1. The van der Waals surface area contributed by atoms with Gasteiger partial charge in [-0.1, -0.05) is 18.6 Å². The molecule has 1 fully saturated rings. The number of nitrogens with one attached hydrogen (secondary N) is 1. The van der Waals surface area contributed by atoms with E-state index in [1.807, 2.05) is 24.6 Å². The summed E-state index contributed by atoms with van der Waals surface area (Å²) in [4.78, 5) is 15.3. The summed E-state index contributed by atoms with van der Waals surface area (Å²) in [7, 11) is 1.59. The summed E-state index contributed by atoms with van der Waals surface area (Å²) in [6, 6.07) is 3.99. The summed E-state index contributed by atoms with van der Waals surface area (Å²) in [5.41, 5.74) is 2.10. The van der Waals surface area contributed by atoms with Crippen LogP contribution in [0.2, 0.25) is 0 Å². The molecule has 1 saturated heterocycles. The van der Waals surface area contributed by atoms with E-state index < -0.39 is 0 Å². The molecule has 2 aromatic rings. The molecule has 7 heteroatoms. The predicted octanol–water partition coefficient (Wildman–Crippen LogP) is 2.63. The van der Waals surface area contributed by atoms with Crippen molar-refractivity contribution in [3.8, 4) is 5.75 Å². The third kappa shape index (κ3) is 3.82. The highest BCUT2D eigenvalue weighted by molar-refractivity contribution is 6.00. The molecule has 0 aliphatic carbocycles. The number of hydrogen-bond donors (Lipinski definition) is 1. The Morgan fingerprint density at radius 1 is 1.38 bits per heavy atom. The van der Waals surface area contributed by atoms with Crippen LogP contribution >= 0.6 is 0 Å². The van der Waals surface area contributed by atoms with Crippen LogP contribution in [0.5, 0.6) is 5.75 Å². The number of aromatic nitrogens is 3. The van der Waals surface area contributed by atoms with Crippen LogP contribution in [-0.2, 0) is 0 Å². The van der Waals surface area contributed by atoms with Gasteiger partial charge in [-0.2, -0.15) is 0 Å². The third-order valence-electron chi connectivity index (χ3n) is 5.06. The number of likely N-dealkylation sites (tertiary alicyclic amines) is 1. The smallest absolute Gasteiger partial charge is 0.255 e. The Bertz CT molecular complexity index is 771. The lowest BCUT2D eigenvalue weighted by Gasteiger charge is -2.23. The normalized spacial score (nSPS) is 18.9. The van der Waals surface area contributed by atoms with Gasteiger partial charge in [0, 0.05) is 24.7 Å². The van der Waals surface area contributed by atoms with Crippen LogP contribution in [0.15, 0.2) is 12.1 Å². The summed E-state index contributed by atoms with van der Waals surface area (Å²) >= 11 is 0. The maximum atomic E-state index is 12.9. The second-order valence-electron chi connectivity index (χ2n) is 7.23. The number of ether oxygens (including phenoxy) is 1. The average molecular weight is 359 g/mol. The topological polar surface area (TPSA) is 72.3 Å². The molecule has 2 heterocycles. The van der Waals surface area contributed by atoms with Crippen LogP contribution in [0.4, 0.5) is 0 Å². The minimum absolute atomic E-state index is 0.106. The van der Waals surface area contributed by atoms with E-state index in [2.05, 4.69) is 27.5 Å². The molecule has 1 atom stereocenters. The van der Waals surface area contributed by atoms with E-state index in [4.69, 9.17) is 4.74 Å². The van der Waals surface area contributed by atoms with Crippen LogP contribution in [0.25, 0.3) is 11.0 Å². The molecule has 142 valence electrons. The number of benzene rings is 1. The number of likely N-dealkylation sites (N-methyl/N-ethyl adjacent to an activating group) is 1. The minimum Gasteiger partial charge on any atom is -0.496 e. The first-order valence-corrected chi connectivity index (χ1v) is 9.49. The van der Waals surface area contributed by atoms with E-state index >= 15 is 0 Å². The average Bonchev–Trinajstić information content (AvgIpc) is 2.92. The Labute approximate surface area is 154 Å². The Hall–Kier alpha value is -2.15. The highest BCUT2D eigenvalue weighted by Crippen LogP contribution is 2.26. The number of rotatable bonds is 5. The maximum absolute atomic E-state index is 12.9. The summed E-state index contributed by atoms with van der Waals surface area (Å²) in [6.07, 6.45) is 3.34. The van der Waals surface area contributed by atoms with E-state index in [1.54, 1.807) is 13.2 Å². The number of methoxy groups -OCH3 is 1. The molecule has 26 heavy (non-hydrogen) atoms. The molecule has 0 spiro atoms. The molecule has 0 unspecified atom stereocenters. The maximum Gasteiger partial charge on any atom is 0.255 e. The first-order chi connectivity index (χ1) is 12.5. The Morgan fingerprint density at radius 2 is 2.19 bits per heavy atom. The van der Waals surface area contributed by atoms with E-state index in [1.165, 1.54) is 6.42 Å². The Morgan fingerprint density at radius 3 is 2.88 bits per heavy atom. The van der Waals surface area contributed by atoms with Crippen LogP contribution in [-0.4, -0.2) is 58.6 Å². The highest BCUT2D eigenvalue weighted by atomic mass is 16.5. The quantitative estimate of drug-likeness (QED) is 0.888. The molecule has 1 aliphatic heterocycles. The number of carbonyl (C=O) groups is 1. The van der Waals surface area contributed by atoms with Crippen LogP contribution < -0.4 is 10.1 Å². The van der Waals surface area contributed by atoms with Crippen molar-refractivity contribution in [3.63, 3.8) is 0 Å². The van der Waals surface area contributed by atoms with Crippen LogP contribution in [0.3, 0.4) is 0 Å². The second-order valence-corrected chi connectivity index (χ2v) is 7.23. The molecule has 1 N–H and O–H groups in total. The number of nitrogens with zero attached hydrogens (tertiary/aromatic N) is 4. The Kier molecular flexibility index (Phi) is 5.76. The lowest BCUT2D eigenvalue weighted by atomic mass is 10.1. The van der Waals surface area contributed by atoms with Gasteiger partial charge in [-0.05, 0) is 45.8 Å². The van der Waals surface area contributed by atoms with Crippen molar-refractivity contribution in [1.29, 1.82) is 0 Å². The fraction of sp³-hybridized carbons (Fsp3) is 0.632. The van der Waals surface area contributed by atoms with Gasteiger partial charge in [-0.25, -0.2) is 4.68 Å². The number of hydrogen-bond acceptors (Lipinski definition) is 5. The van der Waals surface area contributed by atoms with E-state index in [0.29, 0.717) is 16.8 Å². The van der Waals surface area contributed by atoms with Gasteiger partial charge < -0.3 is 15.0 Å². The first-order valence-electron chi connectivity index (χ1n) is 9.49. The van der Waals surface area contributed by atoms with E-state index in [0.717, 1.165) is 38.0 Å². The van der Waals surface area contributed by atoms with Gasteiger partial charge in [0.2, 0.25) is 0 Å². The Balaban J connectivity index is 1.85. The molecule has 0 radical (unpaired) electrons. The zero-order chi connectivity index (χ0) is 18.7. The van der Waals surface area contributed by atoms with Crippen molar-refractivity contribution < 1.29 is 9.53 Å². The van der Waals surface area contributed by atoms with Crippen molar-refractivity contribution in [2.75, 3.05) is 26.7 Å². The zero-order valence-corrected chi connectivity index (χ0v) is 16.2. The lowest BCUT2D eigenvalue weighted by molar-refractivity contribution is 0.0924.